The summed E-state index contributed by atoms with van der Waals surface area (Å²) in [6.45, 7) is 6.29. The molecule has 1 aromatic rings. The maximum Gasteiger partial charge on any atom is 0.225 e. The van der Waals surface area contributed by atoms with Gasteiger partial charge in [-0.25, -0.2) is 0 Å². The number of hydrogen-bond acceptors (Lipinski definition) is 4. The van der Waals surface area contributed by atoms with E-state index in [0.29, 0.717) is 24.4 Å². The van der Waals surface area contributed by atoms with Crippen LogP contribution in [0, 0.1) is 11.8 Å². The summed E-state index contributed by atoms with van der Waals surface area (Å²) >= 11 is 0. The molecule has 4 rings (SSSR count). The van der Waals surface area contributed by atoms with Gasteiger partial charge >= 0.3 is 0 Å². The second kappa shape index (κ2) is 9.24. The fourth-order valence-corrected chi connectivity index (χ4v) is 4.68. The van der Waals surface area contributed by atoms with Gasteiger partial charge in [0.1, 0.15) is 0 Å². The molecule has 6 nitrogen and oxygen atoms in total. The Morgan fingerprint density at radius 1 is 1.07 bits per heavy atom. The van der Waals surface area contributed by atoms with Gasteiger partial charge in [-0.2, -0.15) is 0 Å². The predicted molar refractivity (Wildman–Crippen MR) is 112 cm³/mol. The van der Waals surface area contributed by atoms with Gasteiger partial charge in [0.2, 0.25) is 11.8 Å². The molecule has 3 aliphatic rings. The van der Waals surface area contributed by atoms with Crippen LogP contribution >= 0.6 is 0 Å². The van der Waals surface area contributed by atoms with E-state index in [2.05, 4.69) is 33.1 Å². The Bertz CT molecular complexity index is 708. The summed E-state index contributed by atoms with van der Waals surface area (Å²) in [7, 11) is 0. The molecular weight excluding hydrogens is 364 g/mol. The molecule has 2 amide bonds. The summed E-state index contributed by atoms with van der Waals surface area (Å²) in [6.07, 6.45) is 9.16. The lowest BCUT2D eigenvalue weighted by atomic mass is 9.93. The molecule has 29 heavy (non-hydrogen) atoms. The van der Waals surface area contributed by atoms with Gasteiger partial charge in [0.25, 0.3) is 0 Å². The molecule has 1 N–H and O–H groups in total. The van der Waals surface area contributed by atoms with E-state index in [9.17, 15) is 9.59 Å². The van der Waals surface area contributed by atoms with Crippen LogP contribution in [-0.4, -0.2) is 58.8 Å². The third-order valence-electron chi connectivity index (χ3n) is 6.78. The lowest BCUT2D eigenvalue weighted by molar-refractivity contribution is -0.134. The van der Waals surface area contributed by atoms with Crippen molar-refractivity contribution >= 4 is 11.8 Å². The molecule has 1 atom stereocenters. The van der Waals surface area contributed by atoms with Crippen LogP contribution < -0.4 is 5.32 Å². The van der Waals surface area contributed by atoms with Crippen LogP contribution in [0.4, 0.5) is 0 Å². The number of hydrogen-bond donors (Lipinski definition) is 1. The molecule has 1 aliphatic carbocycles. The molecule has 3 heterocycles. The van der Waals surface area contributed by atoms with Gasteiger partial charge in [-0.05, 0) is 63.1 Å². The third-order valence-corrected chi connectivity index (χ3v) is 6.78. The van der Waals surface area contributed by atoms with E-state index >= 15 is 0 Å². The first-order chi connectivity index (χ1) is 14.1. The van der Waals surface area contributed by atoms with Crippen molar-refractivity contribution in [1.29, 1.82) is 0 Å². The fourth-order valence-electron chi connectivity index (χ4n) is 4.68. The molecule has 0 radical (unpaired) electrons. The first kappa shape index (κ1) is 20.3. The van der Waals surface area contributed by atoms with E-state index in [-0.39, 0.29) is 11.8 Å². The van der Waals surface area contributed by atoms with E-state index in [1.54, 1.807) is 0 Å². The van der Waals surface area contributed by atoms with Crippen LogP contribution in [0.5, 0.6) is 0 Å². The highest BCUT2D eigenvalue weighted by molar-refractivity contribution is 5.81. The first-order valence-corrected chi connectivity index (χ1v) is 11.4. The van der Waals surface area contributed by atoms with Crippen LogP contribution in [0.2, 0.25) is 0 Å². The summed E-state index contributed by atoms with van der Waals surface area (Å²) in [5.41, 5.74) is 2.13. The number of rotatable bonds is 6. The van der Waals surface area contributed by atoms with Gasteiger partial charge in [0.05, 0.1) is 18.2 Å². The van der Waals surface area contributed by atoms with Crippen molar-refractivity contribution in [2.75, 3.05) is 26.2 Å². The van der Waals surface area contributed by atoms with E-state index in [1.807, 2.05) is 12.3 Å². The second-order valence-corrected chi connectivity index (χ2v) is 8.89. The van der Waals surface area contributed by atoms with Crippen LogP contribution in [-0.2, 0) is 22.6 Å². The number of carbonyl (C=O) groups is 2. The Balaban J connectivity index is 1.23. The number of aryl methyl sites for hydroxylation is 1. The first-order valence-electron chi connectivity index (χ1n) is 11.4. The summed E-state index contributed by atoms with van der Waals surface area (Å²) in [5, 5.41) is 3.09. The van der Waals surface area contributed by atoms with E-state index in [1.165, 1.54) is 5.56 Å². The van der Waals surface area contributed by atoms with Crippen molar-refractivity contribution in [3.05, 3.63) is 29.6 Å². The highest BCUT2D eigenvalue weighted by Crippen LogP contribution is 2.32. The Morgan fingerprint density at radius 2 is 1.86 bits per heavy atom. The van der Waals surface area contributed by atoms with E-state index in [0.717, 1.165) is 76.8 Å². The number of pyridine rings is 1. The molecule has 0 unspecified atom stereocenters. The van der Waals surface area contributed by atoms with Crippen molar-refractivity contribution in [3.63, 3.8) is 0 Å². The lowest BCUT2D eigenvalue weighted by Gasteiger charge is -2.42. The van der Waals surface area contributed by atoms with Gasteiger partial charge in [-0.1, -0.05) is 13.0 Å². The molecule has 0 bridgehead atoms. The van der Waals surface area contributed by atoms with Crippen LogP contribution in [0.15, 0.2) is 18.3 Å². The van der Waals surface area contributed by atoms with Crippen molar-refractivity contribution in [3.8, 4) is 0 Å². The molecule has 6 heteroatoms. The number of aromatic nitrogens is 1. The molecule has 2 saturated heterocycles. The van der Waals surface area contributed by atoms with E-state index in [4.69, 9.17) is 0 Å². The molecule has 1 saturated carbocycles. The smallest absolute Gasteiger partial charge is 0.225 e. The summed E-state index contributed by atoms with van der Waals surface area (Å²) in [4.78, 5) is 34.0. The fraction of sp³-hybridized carbons (Fsp3) is 0.696. The second-order valence-electron chi connectivity index (χ2n) is 8.89. The van der Waals surface area contributed by atoms with Gasteiger partial charge in [0, 0.05) is 37.8 Å². The number of nitrogens with one attached hydrogen (secondary N) is 1. The third kappa shape index (κ3) is 5.16. The zero-order valence-corrected chi connectivity index (χ0v) is 17.6. The molecule has 2 aliphatic heterocycles. The normalized spacial score (nSPS) is 23.8. The molecule has 0 aromatic carbocycles. The largest absolute Gasteiger partial charge is 0.350 e. The van der Waals surface area contributed by atoms with Crippen molar-refractivity contribution in [1.82, 2.24) is 20.1 Å². The van der Waals surface area contributed by atoms with Gasteiger partial charge in [-0.15, -0.1) is 0 Å². The number of carbonyl (C=O) groups excluding carboxylic acids is 2. The minimum atomic E-state index is 0.0600. The topological polar surface area (TPSA) is 65.5 Å². The Morgan fingerprint density at radius 3 is 2.52 bits per heavy atom. The van der Waals surface area contributed by atoms with Crippen LogP contribution in [0.3, 0.4) is 0 Å². The number of piperidine rings is 2. The molecule has 3 fully saturated rings. The SMILES string of the molecule is CCc1ccc(CNC(=O)[C@H]2CCCN(C3CCN(C(=O)C4CC4)CC3)C2)nc1. The average Bonchev–Trinajstić information content (AvgIpc) is 3.63. The van der Waals surface area contributed by atoms with Gasteiger partial charge in [0.15, 0.2) is 0 Å². The minimum absolute atomic E-state index is 0.0600. The zero-order chi connectivity index (χ0) is 20.2. The van der Waals surface area contributed by atoms with Gasteiger partial charge in [-0.3, -0.25) is 19.5 Å². The zero-order valence-electron chi connectivity index (χ0n) is 17.6. The predicted octanol–water partition coefficient (Wildman–Crippen LogP) is 2.37. The summed E-state index contributed by atoms with van der Waals surface area (Å²) < 4.78 is 0. The average molecular weight is 399 g/mol. The standard InChI is InChI=1S/C23H34N4O2/c1-2-17-5-8-20(24-14-17)15-25-22(28)19-4-3-11-27(16-19)21-9-12-26(13-10-21)23(29)18-6-7-18/h5,8,14,18-19,21H,2-4,6-7,9-13,15-16H2,1H3,(H,25,28)/t19-/m0/s1. The van der Waals surface area contributed by atoms with Crippen LogP contribution in [0.25, 0.3) is 0 Å². The maximum absolute atomic E-state index is 12.7. The monoisotopic (exact) mass is 398 g/mol. The number of likely N-dealkylation sites (tertiary alicyclic amines) is 2. The van der Waals surface area contributed by atoms with Crippen LogP contribution in [0.1, 0.15) is 56.7 Å². The molecule has 158 valence electrons. The Hall–Kier alpha value is -1.95. The highest BCUT2D eigenvalue weighted by Gasteiger charge is 2.37. The highest BCUT2D eigenvalue weighted by atomic mass is 16.2. The number of amides is 2. The van der Waals surface area contributed by atoms with Gasteiger partial charge < -0.3 is 10.2 Å². The van der Waals surface area contributed by atoms with Crippen molar-refractivity contribution < 1.29 is 9.59 Å². The summed E-state index contributed by atoms with van der Waals surface area (Å²) in [6, 6.07) is 4.59. The molecule has 0 spiro atoms. The summed E-state index contributed by atoms with van der Waals surface area (Å²) in [5.74, 6) is 0.907. The van der Waals surface area contributed by atoms with Crippen molar-refractivity contribution in [2.24, 2.45) is 11.8 Å². The van der Waals surface area contributed by atoms with E-state index < -0.39 is 0 Å². The lowest BCUT2D eigenvalue weighted by Crippen LogP contribution is -2.51. The Kier molecular flexibility index (Phi) is 6.48. The van der Waals surface area contributed by atoms with Crippen molar-refractivity contribution in [2.45, 2.75) is 64.5 Å². The number of nitrogens with zero attached hydrogens (tertiary/aromatic N) is 3. The maximum atomic E-state index is 12.7. The minimum Gasteiger partial charge on any atom is -0.350 e. The molecular formula is C23H34N4O2. The Labute approximate surface area is 174 Å². The molecule has 1 aromatic heterocycles. The quantitative estimate of drug-likeness (QED) is 0.799.